The maximum Gasteiger partial charge on any atom is 0.414 e. The quantitative estimate of drug-likeness (QED) is 0.461. The minimum absolute atomic E-state index is 0.147. The first-order valence-electron chi connectivity index (χ1n) is 10.6. The number of hydrogen-bond acceptors (Lipinski definition) is 9. The summed E-state index contributed by atoms with van der Waals surface area (Å²) >= 11 is 0. The lowest BCUT2D eigenvalue weighted by Gasteiger charge is -2.30. The molecule has 2 aliphatic heterocycles. The minimum atomic E-state index is -0.789. The van der Waals surface area contributed by atoms with Gasteiger partial charge < -0.3 is 23.8 Å². The second-order valence-electron chi connectivity index (χ2n) is 7.43. The number of methoxy groups -OCH3 is 1. The molecule has 32 heavy (non-hydrogen) atoms. The molecule has 0 atom stereocenters. The standard InChI is InChI=1S/C21H26N4O7/c1-3-4-8-31-17-16(20(27)29-2)22-18-15(24-7-11-32-21(24)28)12-14(13-25(18)19(17)26)23-5-9-30-10-6-23/h12-13H,3-11H2,1-2H3. The molecule has 2 aromatic rings. The molecule has 0 saturated carbocycles. The van der Waals surface area contributed by atoms with Gasteiger partial charge in [0, 0.05) is 19.3 Å². The van der Waals surface area contributed by atoms with E-state index in [0.717, 1.165) is 12.1 Å². The van der Waals surface area contributed by atoms with Crippen molar-refractivity contribution in [1.82, 2.24) is 9.38 Å². The molecular formula is C21H26N4O7. The Kier molecular flexibility index (Phi) is 6.45. The number of cyclic esters (lactones) is 1. The first-order chi connectivity index (χ1) is 15.5. The van der Waals surface area contributed by atoms with Gasteiger partial charge in [0.1, 0.15) is 6.61 Å². The number of carbonyl (C=O) groups excluding carboxylic acids is 2. The van der Waals surface area contributed by atoms with Gasteiger partial charge in [-0.25, -0.2) is 14.6 Å². The molecule has 11 heteroatoms. The monoisotopic (exact) mass is 446 g/mol. The van der Waals surface area contributed by atoms with Crippen LogP contribution in [0, 0.1) is 0 Å². The minimum Gasteiger partial charge on any atom is -0.486 e. The van der Waals surface area contributed by atoms with Crippen molar-refractivity contribution in [3.05, 3.63) is 28.3 Å². The van der Waals surface area contributed by atoms with Crippen LogP contribution >= 0.6 is 0 Å². The van der Waals surface area contributed by atoms with Crippen LogP contribution in [-0.4, -0.2) is 74.6 Å². The Balaban J connectivity index is 1.94. The highest BCUT2D eigenvalue weighted by molar-refractivity contribution is 5.96. The first kappa shape index (κ1) is 21.9. The van der Waals surface area contributed by atoms with E-state index in [1.165, 1.54) is 16.4 Å². The number of carbonyl (C=O) groups is 2. The number of morpholine rings is 1. The molecule has 4 rings (SSSR count). The summed E-state index contributed by atoms with van der Waals surface area (Å²) < 4.78 is 22.4. The predicted molar refractivity (Wildman–Crippen MR) is 115 cm³/mol. The number of pyridine rings is 1. The zero-order valence-corrected chi connectivity index (χ0v) is 18.2. The van der Waals surface area contributed by atoms with Gasteiger partial charge in [-0.1, -0.05) is 13.3 Å². The van der Waals surface area contributed by atoms with Gasteiger partial charge in [-0.05, 0) is 12.5 Å². The van der Waals surface area contributed by atoms with Gasteiger partial charge >= 0.3 is 17.6 Å². The van der Waals surface area contributed by atoms with Crippen molar-refractivity contribution in [1.29, 1.82) is 0 Å². The molecule has 2 aliphatic rings. The van der Waals surface area contributed by atoms with Gasteiger partial charge in [-0.15, -0.1) is 0 Å². The second-order valence-corrected chi connectivity index (χ2v) is 7.43. The summed E-state index contributed by atoms with van der Waals surface area (Å²) in [5.41, 5.74) is 0.481. The van der Waals surface area contributed by atoms with Crippen molar-refractivity contribution in [2.45, 2.75) is 19.8 Å². The molecule has 2 aromatic heterocycles. The van der Waals surface area contributed by atoms with E-state index in [1.54, 1.807) is 12.3 Å². The van der Waals surface area contributed by atoms with Crippen molar-refractivity contribution in [2.24, 2.45) is 0 Å². The summed E-state index contributed by atoms with van der Waals surface area (Å²) in [6.07, 6.45) is 2.68. The molecule has 0 aliphatic carbocycles. The maximum atomic E-state index is 13.5. The van der Waals surface area contributed by atoms with Gasteiger partial charge in [0.05, 0.1) is 44.8 Å². The van der Waals surface area contributed by atoms with E-state index in [9.17, 15) is 14.4 Å². The fourth-order valence-corrected chi connectivity index (χ4v) is 3.68. The van der Waals surface area contributed by atoms with E-state index < -0.39 is 17.6 Å². The van der Waals surface area contributed by atoms with Crippen molar-refractivity contribution in [3.8, 4) is 5.75 Å². The highest BCUT2D eigenvalue weighted by Crippen LogP contribution is 2.30. The Bertz CT molecular complexity index is 1080. The largest absolute Gasteiger partial charge is 0.486 e. The van der Waals surface area contributed by atoms with E-state index >= 15 is 0 Å². The summed E-state index contributed by atoms with van der Waals surface area (Å²) in [5.74, 6) is -0.958. The number of amides is 1. The van der Waals surface area contributed by atoms with Crippen LogP contribution in [0.5, 0.6) is 5.75 Å². The Morgan fingerprint density at radius 2 is 1.97 bits per heavy atom. The van der Waals surface area contributed by atoms with Crippen molar-refractivity contribution in [2.75, 3.05) is 63.0 Å². The van der Waals surface area contributed by atoms with Crippen LogP contribution in [0.1, 0.15) is 30.3 Å². The summed E-state index contributed by atoms with van der Waals surface area (Å²) in [5, 5.41) is 0. The van der Waals surface area contributed by atoms with E-state index in [2.05, 4.69) is 9.88 Å². The molecule has 2 saturated heterocycles. The van der Waals surface area contributed by atoms with Crippen LogP contribution in [0.25, 0.3) is 5.65 Å². The Labute approximate surface area is 184 Å². The van der Waals surface area contributed by atoms with Crippen LogP contribution in [0.3, 0.4) is 0 Å². The van der Waals surface area contributed by atoms with Gasteiger partial charge in [0.2, 0.25) is 5.75 Å². The fourth-order valence-electron chi connectivity index (χ4n) is 3.68. The van der Waals surface area contributed by atoms with Crippen LogP contribution in [0.4, 0.5) is 16.2 Å². The summed E-state index contributed by atoms with van der Waals surface area (Å²) in [7, 11) is 1.21. The number of rotatable bonds is 7. The lowest BCUT2D eigenvalue weighted by atomic mass is 10.2. The molecule has 172 valence electrons. The van der Waals surface area contributed by atoms with Crippen LogP contribution in [-0.2, 0) is 14.2 Å². The smallest absolute Gasteiger partial charge is 0.414 e. The number of hydrogen-bond donors (Lipinski definition) is 0. The molecule has 0 spiro atoms. The predicted octanol–water partition coefficient (Wildman–Crippen LogP) is 1.45. The highest BCUT2D eigenvalue weighted by Gasteiger charge is 2.30. The summed E-state index contributed by atoms with van der Waals surface area (Å²) in [6.45, 7) is 5.16. The van der Waals surface area contributed by atoms with Crippen molar-refractivity contribution < 1.29 is 28.5 Å². The Morgan fingerprint density at radius 1 is 1.19 bits per heavy atom. The number of anilines is 2. The summed E-state index contributed by atoms with van der Waals surface area (Å²) in [4.78, 5) is 46.1. The molecule has 0 bridgehead atoms. The average molecular weight is 446 g/mol. The van der Waals surface area contributed by atoms with E-state index in [-0.39, 0.29) is 30.3 Å². The maximum absolute atomic E-state index is 13.5. The third-order valence-corrected chi connectivity index (χ3v) is 5.40. The van der Waals surface area contributed by atoms with Gasteiger partial charge in [0.25, 0.3) is 0 Å². The molecule has 0 radical (unpaired) electrons. The zero-order valence-electron chi connectivity index (χ0n) is 18.2. The van der Waals surface area contributed by atoms with Crippen LogP contribution in [0.15, 0.2) is 17.1 Å². The molecular weight excluding hydrogens is 420 g/mol. The van der Waals surface area contributed by atoms with Crippen molar-refractivity contribution >= 4 is 29.1 Å². The van der Waals surface area contributed by atoms with E-state index in [0.29, 0.717) is 45.0 Å². The second kappa shape index (κ2) is 9.43. The third-order valence-electron chi connectivity index (χ3n) is 5.40. The van der Waals surface area contributed by atoms with Crippen molar-refractivity contribution in [3.63, 3.8) is 0 Å². The average Bonchev–Trinajstić information content (AvgIpc) is 3.25. The van der Waals surface area contributed by atoms with Gasteiger partial charge in [-0.3, -0.25) is 14.1 Å². The topological polar surface area (TPSA) is 112 Å². The van der Waals surface area contributed by atoms with Crippen LogP contribution < -0.4 is 20.1 Å². The van der Waals surface area contributed by atoms with Crippen LogP contribution in [0.2, 0.25) is 0 Å². The molecule has 2 fully saturated rings. The fraction of sp³-hybridized carbons (Fsp3) is 0.524. The number of nitrogens with zero attached hydrogens (tertiary/aromatic N) is 4. The molecule has 4 heterocycles. The van der Waals surface area contributed by atoms with E-state index in [1.807, 2.05) is 6.92 Å². The molecule has 0 unspecified atom stereocenters. The zero-order chi connectivity index (χ0) is 22.7. The normalized spacial score (nSPS) is 16.4. The molecule has 0 aromatic carbocycles. The molecule has 0 N–H and O–H groups in total. The lowest BCUT2D eigenvalue weighted by Crippen LogP contribution is -2.37. The Hall–Kier alpha value is -3.34. The SMILES string of the molecule is CCCCOc1c(C(=O)OC)nc2c(N3CCOC3=O)cc(N3CCOCC3)cn2c1=O. The van der Waals surface area contributed by atoms with E-state index in [4.69, 9.17) is 18.9 Å². The number of fused-ring (bicyclic) bond motifs is 1. The molecule has 11 nitrogen and oxygen atoms in total. The first-order valence-corrected chi connectivity index (χ1v) is 10.6. The lowest BCUT2D eigenvalue weighted by molar-refractivity contribution is 0.0588. The number of aromatic nitrogens is 2. The molecule has 1 amide bonds. The number of esters is 1. The number of ether oxygens (including phenoxy) is 4. The highest BCUT2D eigenvalue weighted by atomic mass is 16.6. The number of unbranched alkanes of at least 4 members (excludes halogenated alkanes) is 1. The third kappa shape index (κ3) is 4.07. The van der Waals surface area contributed by atoms with Gasteiger partial charge in [0.15, 0.2) is 11.3 Å². The Morgan fingerprint density at radius 3 is 2.62 bits per heavy atom. The summed E-state index contributed by atoms with van der Waals surface area (Å²) in [6, 6.07) is 1.78. The van der Waals surface area contributed by atoms with Gasteiger partial charge in [-0.2, -0.15) is 0 Å².